The number of nitrogens with zero attached hydrogens (tertiary/aromatic N) is 1. The molecular weight excluding hydrogens is 242 g/mol. The van der Waals surface area contributed by atoms with E-state index < -0.39 is 0 Å². The molecule has 1 amide bonds. The second-order valence-electron chi connectivity index (χ2n) is 4.74. The zero-order chi connectivity index (χ0) is 14.3. The van der Waals surface area contributed by atoms with Crippen LogP contribution in [0, 0.1) is 0 Å². The number of carbonyl (C=O) groups excluding carboxylic acids is 1. The van der Waals surface area contributed by atoms with Crippen molar-refractivity contribution < 1.29 is 9.90 Å². The molecule has 0 aliphatic carbocycles. The Balaban J connectivity index is 2.58. The van der Waals surface area contributed by atoms with Gasteiger partial charge in [-0.3, -0.25) is 9.69 Å². The topological polar surface area (TPSA) is 78.6 Å². The molecule has 0 aliphatic rings. The van der Waals surface area contributed by atoms with Gasteiger partial charge in [0.25, 0.3) is 0 Å². The fourth-order valence-electron chi connectivity index (χ4n) is 1.81. The van der Waals surface area contributed by atoms with E-state index >= 15 is 0 Å². The number of aliphatic hydroxyl groups is 1. The van der Waals surface area contributed by atoms with Gasteiger partial charge in [0.2, 0.25) is 5.91 Å². The highest BCUT2D eigenvalue weighted by Gasteiger charge is 2.13. The summed E-state index contributed by atoms with van der Waals surface area (Å²) in [5.74, 6) is -0.0867. The van der Waals surface area contributed by atoms with Crippen molar-refractivity contribution in [1.82, 2.24) is 4.90 Å². The highest BCUT2D eigenvalue weighted by Crippen LogP contribution is 2.10. The van der Waals surface area contributed by atoms with Gasteiger partial charge >= 0.3 is 0 Å². The molecule has 0 saturated carbocycles. The number of benzene rings is 1. The van der Waals surface area contributed by atoms with E-state index in [0.717, 1.165) is 11.3 Å². The van der Waals surface area contributed by atoms with Crippen molar-refractivity contribution in [2.75, 3.05) is 25.0 Å². The Bertz CT molecular complexity index is 407. The lowest BCUT2D eigenvalue weighted by molar-refractivity contribution is -0.117. The van der Waals surface area contributed by atoms with Crippen molar-refractivity contribution in [3.63, 3.8) is 0 Å². The molecule has 5 heteroatoms. The Morgan fingerprint density at radius 1 is 1.47 bits per heavy atom. The summed E-state index contributed by atoms with van der Waals surface area (Å²) in [6, 6.07) is 7.70. The fourth-order valence-corrected chi connectivity index (χ4v) is 1.81. The van der Waals surface area contributed by atoms with E-state index in [2.05, 4.69) is 5.32 Å². The first kappa shape index (κ1) is 15.6. The number of hydrogen-bond acceptors (Lipinski definition) is 4. The van der Waals surface area contributed by atoms with Crippen molar-refractivity contribution in [2.45, 2.75) is 26.4 Å². The Morgan fingerprint density at radius 2 is 2.21 bits per heavy atom. The summed E-state index contributed by atoms with van der Waals surface area (Å²) < 4.78 is 0. The molecule has 0 fully saturated rings. The van der Waals surface area contributed by atoms with Crippen LogP contribution >= 0.6 is 0 Å². The maximum Gasteiger partial charge on any atom is 0.238 e. The number of anilines is 1. The number of nitrogens with two attached hydrogens (primary N) is 1. The van der Waals surface area contributed by atoms with E-state index in [0.29, 0.717) is 13.1 Å². The predicted octanol–water partition coefficient (Wildman–Crippen LogP) is 0.786. The van der Waals surface area contributed by atoms with Gasteiger partial charge < -0.3 is 16.2 Å². The zero-order valence-electron chi connectivity index (χ0n) is 11.6. The van der Waals surface area contributed by atoms with Crippen LogP contribution in [0.25, 0.3) is 0 Å². The van der Waals surface area contributed by atoms with Crippen LogP contribution in [0.5, 0.6) is 0 Å². The Hall–Kier alpha value is -1.43. The molecule has 5 nitrogen and oxygen atoms in total. The second kappa shape index (κ2) is 7.89. The molecule has 1 rings (SSSR count). The monoisotopic (exact) mass is 265 g/mol. The number of amides is 1. The molecule has 106 valence electrons. The third-order valence-corrected chi connectivity index (χ3v) is 2.91. The second-order valence-corrected chi connectivity index (χ2v) is 4.74. The van der Waals surface area contributed by atoms with Crippen LogP contribution in [0.3, 0.4) is 0 Å². The molecule has 4 N–H and O–H groups in total. The van der Waals surface area contributed by atoms with Gasteiger partial charge in [-0.2, -0.15) is 0 Å². The van der Waals surface area contributed by atoms with Gasteiger partial charge in [-0.15, -0.1) is 0 Å². The summed E-state index contributed by atoms with van der Waals surface area (Å²) >= 11 is 0. The molecule has 0 aliphatic heterocycles. The minimum atomic E-state index is -0.0867. The molecule has 1 aromatic carbocycles. The maximum atomic E-state index is 11.9. The van der Waals surface area contributed by atoms with Gasteiger partial charge in [-0.1, -0.05) is 12.1 Å². The predicted molar refractivity (Wildman–Crippen MR) is 76.8 cm³/mol. The highest BCUT2D eigenvalue weighted by atomic mass is 16.3. The van der Waals surface area contributed by atoms with Crippen molar-refractivity contribution in [3.8, 4) is 0 Å². The van der Waals surface area contributed by atoms with Crippen LogP contribution in [-0.2, 0) is 11.3 Å². The van der Waals surface area contributed by atoms with E-state index in [1.54, 1.807) is 0 Å². The molecule has 0 spiro atoms. The first-order valence-corrected chi connectivity index (χ1v) is 6.50. The van der Waals surface area contributed by atoms with Gasteiger partial charge in [0, 0.05) is 24.8 Å². The Morgan fingerprint density at radius 3 is 2.79 bits per heavy atom. The van der Waals surface area contributed by atoms with Gasteiger partial charge in [0.05, 0.1) is 13.2 Å². The number of rotatable bonds is 7. The molecule has 0 unspecified atom stereocenters. The lowest BCUT2D eigenvalue weighted by Crippen LogP contribution is -2.39. The first-order valence-electron chi connectivity index (χ1n) is 6.50. The molecule has 0 saturated heterocycles. The third-order valence-electron chi connectivity index (χ3n) is 2.91. The van der Waals surface area contributed by atoms with Gasteiger partial charge in [0.15, 0.2) is 0 Å². The summed E-state index contributed by atoms with van der Waals surface area (Å²) in [5.41, 5.74) is 7.29. The highest BCUT2D eigenvalue weighted by molar-refractivity contribution is 5.92. The number of nitrogens with one attached hydrogen (secondary N) is 1. The molecule has 0 radical (unpaired) electrons. The molecule has 0 bridgehead atoms. The summed E-state index contributed by atoms with van der Waals surface area (Å²) in [4.78, 5) is 13.9. The summed E-state index contributed by atoms with van der Waals surface area (Å²) in [6.07, 6.45) is 0. The van der Waals surface area contributed by atoms with E-state index in [1.165, 1.54) is 0 Å². The van der Waals surface area contributed by atoms with Crippen molar-refractivity contribution in [2.24, 2.45) is 5.73 Å². The Labute approximate surface area is 114 Å². The number of carbonyl (C=O) groups is 1. The molecule has 0 heterocycles. The van der Waals surface area contributed by atoms with Gasteiger partial charge in [-0.25, -0.2) is 0 Å². The van der Waals surface area contributed by atoms with Crippen LogP contribution in [-0.4, -0.2) is 41.7 Å². The SMILES string of the molecule is CC(C)N(CCO)CC(=O)Nc1cccc(CN)c1. The van der Waals surface area contributed by atoms with Gasteiger partial charge in [0.1, 0.15) is 0 Å². The van der Waals surface area contributed by atoms with Crippen LogP contribution < -0.4 is 11.1 Å². The Kier molecular flexibility index (Phi) is 6.49. The zero-order valence-corrected chi connectivity index (χ0v) is 11.6. The average Bonchev–Trinajstić information content (AvgIpc) is 2.38. The third kappa shape index (κ3) is 5.38. The lowest BCUT2D eigenvalue weighted by Gasteiger charge is -2.24. The van der Waals surface area contributed by atoms with Crippen molar-refractivity contribution in [3.05, 3.63) is 29.8 Å². The summed E-state index contributed by atoms with van der Waals surface area (Å²) in [7, 11) is 0. The molecule has 1 aromatic rings. The van der Waals surface area contributed by atoms with Crippen LogP contribution in [0.15, 0.2) is 24.3 Å². The first-order chi connectivity index (χ1) is 9.06. The van der Waals surface area contributed by atoms with Crippen molar-refractivity contribution in [1.29, 1.82) is 0 Å². The van der Waals surface area contributed by atoms with E-state index in [4.69, 9.17) is 10.8 Å². The summed E-state index contributed by atoms with van der Waals surface area (Å²) in [6.45, 7) is 5.26. The summed E-state index contributed by atoms with van der Waals surface area (Å²) in [5, 5.41) is 11.8. The molecule has 19 heavy (non-hydrogen) atoms. The van der Waals surface area contributed by atoms with E-state index in [9.17, 15) is 4.79 Å². The van der Waals surface area contributed by atoms with Crippen LogP contribution in [0.4, 0.5) is 5.69 Å². The normalized spacial score (nSPS) is 11.1. The number of hydrogen-bond donors (Lipinski definition) is 3. The average molecular weight is 265 g/mol. The number of aliphatic hydroxyl groups excluding tert-OH is 1. The minimum Gasteiger partial charge on any atom is -0.395 e. The van der Waals surface area contributed by atoms with E-state index in [1.807, 2.05) is 43.0 Å². The van der Waals surface area contributed by atoms with Gasteiger partial charge in [-0.05, 0) is 31.5 Å². The molecule has 0 aromatic heterocycles. The van der Waals surface area contributed by atoms with Crippen molar-refractivity contribution >= 4 is 11.6 Å². The van der Waals surface area contributed by atoms with Crippen LogP contribution in [0.1, 0.15) is 19.4 Å². The lowest BCUT2D eigenvalue weighted by atomic mass is 10.2. The smallest absolute Gasteiger partial charge is 0.238 e. The fraction of sp³-hybridized carbons (Fsp3) is 0.500. The van der Waals surface area contributed by atoms with Crippen LogP contribution in [0.2, 0.25) is 0 Å². The largest absolute Gasteiger partial charge is 0.395 e. The van der Waals surface area contributed by atoms with E-state index in [-0.39, 0.29) is 25.1 Å². The molecule has 0 atom stereocenters. The minimum absolute atomic E-state index is 0.0497. The molecular formula is C14H23N3O2. The quantitative estimate of drug-likeness (QED) is 0.681. The maximum absolute atomic E-state index is 11.9. The standard InChI is InChI=1S/C14H23N3O2/c1-11(2)17(6-7-18)10-14(19)16-13-5-3-4-12(8-13)9-15/h3-5,8,11,18H,6-7,9-10,15H2,1-2H3,(H,16,19).